The summed E-state index contributed by atoms with van der Waals surface area (Å²) in [5.41, 5.74) is 2.31. The van der Waals surface area contributed by atoms with Crippen molar-refractivity contribution in [2.75, 3.05) is 0 Å². The zero-order chi connectivity index (χ0) is 14.7. The van der Waals surface area contributed by atoms with Crippen molar-refractivity contribution in [1.82, 2.24) is 0 Å². The number of hydrogen-bond donors (Lipinski definition) is 0. The summed E-state index contributed by atoms with van der Waals surface area (Å²) in [6.45, 7) is 3.85. The van der Waals surface area contributed by atoms with Crippen molar-refractivity contribution in [3.8, 4) is 22.9 Å². The van der Waals surface area contributed by atoms with E-state index in [1.807, 2.05) is 26.0 Å². The van der Waals surface area contributed by atoms with Crippen LogP contribution in [0.4, 0.5) is 0 Å². The van der Waals surface area contributed by atoms with Gasteiger partial charge in [0, 0.05) is 0 Å². The topological polar surface area (TPSA) is 33.0 Å². The van der Waals surface area contributed by atoms with Crippen LogP contribution >= 0.6 is 23.2 Å². The van der Waals surface area contributed by atoms with Crippen LogP contribution in [-0.2, 0) is 0 Å². The Morgan fingerprint density at radius 3 is 2.25 bits per heavy atom. The van der Waals surface area contributed by atoms with Gasteiger partial charge in [0.2, 0.25) is 0 Å². The lowest BCUT2D eigenvalue weighted by Gasteiger charge is -2.12. The molecule has 2 nitrogen and oxygen atoms in total. The third kappa shape index (κ3) is 3.25. The second-order valence-corrected chi connectivity index (χ2v) is 5.43. The van der Waals surface area contributed by atoms with Gasteiger partial charge in [0.25, 0.3) is 0 Å². The zero-order valence-electron chi connectivity index (χ0n) is 11.2. The summed E-state index contributed by atoms with van der Waals surface area (Å²) in [5, 5.41) is 10.2. The first kappa shape index (κ1) is 14.7. The maximum atomic E-state index is 9.22. The van der Waals surface area contributed by atoms with Crippen LogP contribution in [0.25, 0.3) is 11.1 Å². The van der Waals surface area contributed by atoms with Crippen LogP contribution in [0, 0.1) is 11.3 Å². The minimum atomic E-state index is 0.0259. The molecule has 0 atom stereocenters. The summed E-state index contributed by atoms with van der Waals surface area (Å²) in [4.78, 5) is 0. The van der Waals surface area contributed by atoms with E-state index >= 15 is 0 Å². The average Bonchev–Trinajstić information content (AvgIpc) is 2.42. The molecular formula is C16H13Cl2NO. The highest BCUT2D eigenvalue weighted by Gasteiger charge is 2.09. The molecule has 0 N–H and O–H groups in total. The maximum Gasteiger partial charge on any atom is 0.137 e. The monoisotopic (exact) mass is 305 g/mol. The van der Waals surface area contributed by atoms with E-state index < -0.39 is 0 Å². The Kier molecular flexibility index (Phi) is 4.54. The first-order valence-corrected chi connectivity index (χ1v) is 6.93. The van der Waals surface area contributed by atoms with Crippen LogP contribution in [0.2, 0.25) is 10.0 Å². The van der Waals surface area contributed by atoms with Gasteiger partial charge in [-0.25, -0.2) is 0 Å². The predicted octanol–water partition coefficient (Wildman–Crippen LogP) is 5.32. The first-order valence-electron chi connectivity index (χ1n) is 6.17. The van der Waals surface area contributed by atoms with Crippen LogP contribution in [0.1, 0.15) is 19.4 Å². The number of nitriles is 1. The number of halogens is 2. The Morgan fingerprint density at radius 2 is 1.65 bits per heavy atom. The van der Waals surface area contributed by atoms with Gasteiger partial charge in [0.15, 0.2) is 0 Å². The molecular weight excluding hydrogens is 293 g/mol. The summed E-state index contributed by atoms with van der Waals surface area (Å²) in [6, 6.07) is 13.0. The average molecular weight is 306 g/mol. The molecule has 4 heteroatoms. The van der Waals surface area contributed by atoms with Gasteiger partial charge in [-0.3, -0.25) is 0 Å². The molecule has 0 aromatic heterocycles. The molecule has 0 saturated heterocycles. The second kappa shape index (κ2) is 6.17. The molecule has 0 heterocycles. The van der Waals surface area contributed by atoms with Crippen molar-refractivity contribution in [3.63, 3.8) is 0 Å². The Labute approximate surface area is 128 Å². The zero-order valence-corrected chi connectivity index (χ0v) is 12.7. The highest BCUT2D eigenvalue weighted by atomic mass is 35.5. The van der Waals surface area contributed by atoms with Crippen molar-refractivity contribution in [2.24, 2.45) is 0 Å². The van der Waals surface area contributed by atoms with Gasteiger partial charge in [0.1, 0.15) is 11.8 Å². The first-order chi connectivity index (χ1) is 9.51. The van der Waals surface area contributed by atoms with Gasteiger partial charge < -0.3 is 4.74 Å². The minimum Gasteiger partial charge on any atom is -0.490 e. The maximum absolute atomic E-state index is 9.22. The van der Waals surface area contributed by atoms with E-state index in [2.05, 4.69) is 6.07 Å². The van der Waals surface area contributed by atoms with E-state index in [9.17, 15) is 5.26 Å². The van der Waals surface area contributed by atoms with E-state index in [0.717, 1.165) is 11.1 Å². The van der Waals surface area contributed by atoms with Crippen molar-refractivity contribution >= 4 is 23.2 Å². The molecule has 0 aliphatic heterocycles. The molecule has 0 bridgehead atoms. The molecule has 0 unspecified atom stereocenters. The van der Waals surface area contributed by atoms with Crippen LogP contribution in [0.15, 0.2) is 36.4 Å². The summed E-state index contributed by atoms with van der Waals surface area (Å²) >= 11 is 11.9. The van der Waals surface area contributed by atoms with Crippen LogP contribution in [0.3, 0.4) is 0 Å². The number of benzene rings is 2. The summed E-state index contributed by atoms with van der Waals surface area (Å²) in [5.74, 6) is 0.589. The van der Waals surface area contributed by atoms with Crippen LogP contribution < -0.4 is 4.74 Å². The molecule has 2 aromatic rings. The third-order valence-corrected chi connectivity index (χ3v) is 3.45. The Hall–Kier alpha value is -1.69. The quantitative estimate of drug-likeness (QED) is 0.769. The molecule has 0 saturated carbocycles. The Bertz CT molecular complexity index is 675. The van der Waals surface area contributed by atoms with E-state index in [-0.39, 0.29) is 6.10 Å². The van der Waals surface area contributed by atoms with Crippen molar-refractivity contribution < 1.29 is 4.74 Å². The fourth-order valence-corrected chi connectivity index (χ4v) is 2.13. The van der Waals surface area contributed by atoms with Gasteiger partial charge >= 0.3 is 0 Å². The number of hydrogen-bond acceptors (Lipinski definition) is 2. The molecule has 2 rings (SSSR count). The fourth-order valence-electron chi connectivity index (χ4n) is 1.83. The summed E-state index contributed by atoms with van der Waals surface area (Å²) in [6.07, 6.45) is 0.0259. The molecule has 102 valence electrons. The Balaban J connectivity index is 2.43. The van der Waals surface area contributed by atoms with E-state index in [1.165, 1.54) is 0 Å². The largest absolute Gasteiger partial charge is 0.490 e. The summed E-state index contributed by atoms with van der Waals surface area (Å²) in [7, 11) is 0. The normalized spacial score (nSPS) is 10.4. The van der Waals surface area contributed by atoms with Gasteiger partial charge in [-0.15, -0.1) is 0 Å². The van der Waals surface area contributed by atoms with E-state index in [4.69, 9.17) is 27.9 Å². The van der Waals surface area contributed by atoms with Gasteiger partial charge in [0.05, 0.1) is 21.7 Å². The van der Waals surface area contributed by atoms with Crippen molar-refractivity contribution in [1.29, 1.82) is 5.26 Å². The van der Waals surface area contributed by atoms with Crippen molar-refractivity contribution in [2.45, 2.75) is 20.0 Å². The highest BCUT2D eigenvalue weighted by molar-refractivity contribution is 6.42. The highest BCUT2D eigenvalue weighted by Crippen LogP contribution is 2.31. The summed E-state index contributed by atoms with van der Waals surface area (Å²) < 4.78 is 5.60. The molecule has 20 heavy (non-hydrogen) atoms. The lowest BCUT2D eigenvalue weighted by atomic mass is 10.0. The smallest absolute Gasteiger partial charge is 0.137 e. The lowest BCUT2D eigenvalue weighted by molar-refractivity contribution is 0.242. The minimum absolute atomic E-state index is 0.0259. The number of ether oxygens (including phenoxy) is 1. The lowest BCUT2D eigenvalue weighted by Crippen LogP contribution is -2.06. The molecule has 0 aliphatic carbocycles. The molecule has 0 radical (unpaired) electrons. The Morgan fingerprint density at radius 1 is 1.00 bits per heavy atom. The standard InChI is InChI=1S/C16H13Cl2NO/c1-10(2)20-16-6-4-11(7-13(16)9-19)12-3-5-14(17)15(18)8-12/h3-8,10H,1-2H3. The second-order valence-electron chi connectivity index (χ2n) is 4.62. The molecule has 0 amide bonds. The van der Waals surface area contributed by atoms with Gasteiger partial charge in [-0.05, 0) is 49.2 Å². The molecule has 0 spiro atoms. The number of rotatable bonds is 3. The van der Waals surface area contributed by atoms with E-state index in [0.29, 0.717) is 21.4 Å². The van der Waals surface area contributed by atoms with Gasteiger partial charge in [-0.1, -0.05) is 35.3 Å². The van der Waals surface area contributed by atoms with Crippen LogP contribution in [-0.4, -0.2) is 6.10 Å². The number of nitrogens with zero attached hydrogens (tertiary/aromatic N) is 1. The molecule has 0 aliphatic rings. The SMILES string of the molecule is CC(C)Oc1ccc(-c2ccc(Cl)c(Cl)c2)cc1C#N. The van der Waals surface area contributed by atoms with Crippen molar-refractivity contribution in [3.05, 3.63) is 52.0 Å². The fraction of sp³-hybridized carbons (Fsp3) is 0.188. The third-order valence-electron chi connectivity index (χ3n) is 2.72. The molecule has 2 aromatic carbocycles. The van der Waals surface area contributed by atoms with E-state index in [1.54, 1.807) is 24.3 Å². The van der Waals surface area contributed by atoms with Crippen LogP contribution in [0.5, 0.6) is 5.75 Å². The molecule has 0 fully saturated rings. The van der Waals surface area contributed by atoms with Gasteiger partial charge in [-0.2, -0.15) is 5.26 Å². The predicted molar refractivity (Wildman–Crippen MR) is 82.4 cm³/mol.